The van der Waals surface area contributed by atoms with E-state index in [-0.39, 0.29) is 0 Å². The molecule has 3 heteroatoms. The lowest BCUT2D eigenvalue weighted by Crippen LogP contribution is -2.03. The molecule has 3 rings (SSSR count). The maximum atomic E-state index is 5.55. The summed E-state index contributed by atoms with van der Waals surface area (Å²) >= 11 is 0. The van der Waals surface area contributed by atoms with Crippen LogP contribution in [0.15, 0.2) is 0 Å². The predicted molar refractivity (Wildman–Crippen MR) is 46.6 cm³/mol. The zero-order valence-corrected chi connectivity index (χ0v) is 7.94. The van der Waals surface area contributed by atoms with Crippen LogP contribution in [0.1, 0.15) is 26.2 Å². The fourth-order valence-corrected chi connectivity index (χ4v) is 2.03. The third-order valence-electron chi connectivity index (χ3n) is 3.14. The maximum absolute atomic E-state index is 5.55. The molecule has 3 aliphatic rings. The predicted octanol–water partition coefficient (Wildman–Crippen LogP) is 1.11. The molecule has 0 radical (unpaired) electrons. The largest absolute Gasteiger partial charge is 0.373 e. The monoisotopic (exact) mass is 184 g/mol. The van der Waals surface area contributed by atoms with E-state index in [1.165, 1.54) is 0 Å². The molecule has 0 spiro atoms. The van der Waals surface area contributed by atoms with Gasteiger partial charge in [0.15, 0.2) is 0 Å². The van der Waals surface area contributed by atoms with E-state index >= 15 is 0 Å². The third-order valence-corrected chi connectivity index (χ3v) is 3.14. The highest BCUT2D eigenvalue weighted by atomic mass is 16.6. The molecule has 5 unspecified atom stereocenters. The Hall–Kier alpha value is -0.120. The highest BCUT2D eigenvalue weighted by molar-refractivity contribution is 4.96. The van der Waals surface area contributed by atoms with E-state index in [0.29, 0.717) is 30.5 Å². The molecule has 3 saturated heterocycles. The van der Waals surface area contributed by atoms with Gasteiger partial charge in [-0.2, -0.15) is 0 Å². The Bertz CT molecular complexity index is 202. The van der Waals surface area contributed by atoms with Gasteiger partial charge in [-0.1, -0.05) is 6.92 Å². The SMILES string of the molecule is CCC1OC1CC1OC1CC1CO1. The Labute approximate surface area is 78.3 Å². The average Bonchev–Trinajstić information content (AvgIpc) is 2.93. The van der Waals surface area contributed by atoms with Crippen molar-refractivity contribution in [2.24, 2.45) is 0 Å². The van der Waals surface area contributed by atoms with Crippen LogP contribution in [0, 0.1) is 0 Å². The first-order chi connectivity index (χ1) is 6.36. The van der Waals surface area contributed by atoms with Crippen LogP contribution in [0.5, 0.6) is 0 Å². The van der Waals surface area contributed by atoms with Gasteiger partial charge in [0.2, 0.25) is 0 Å². The Morgan fingerprint density at radius 3 is 2.23 bits per heavy atom. The van der Waals surface area contributed by atoms with Gasteiger partial charge in [-0.3, -0.25) is 0 Å². The first kappa shape index (κ1) is 8.21. The highest BCUT2D eigenvalue weighted by Crippen LogP contribution is 2.39. The van der Waals surface area contributed by atoms with Gasteiger partial charge in [0.1, 0.15) is 0 Å². The van der Waals surface area contributed by atoms with Gasteiger partial charge in [0.05, 0.1) is 37.1 Å². The minimum absolute atomic E-state index is 0.478. The lowest BCUT2D eigenvalue weighted by atomic mass is 10.1. The Balaban J connectivity index is 1.35. The highest BCUT2D eigenvalue weighted by Gasteiger charge is 2.49. The summed E-state index contributed by atoms with van der Waals surface area (Å²) in [5.41, 5.74) is 0. The van der Waals surface area contributed by atoms with Crippen molar-refractivity contribution >= 4 is 0 Å². The zero-order valence-electron chi connectivity index (χ0n) is 7.94. The van der Waals surface area contributed by atoms with Gasteiger partial charge >= 0.3 is 0 Å². The summed E-state index contributed by atoms with van der Waals surface area (Å²) in [7, 11) is 0. The topological polar surface area (TPSA) is 37.6 Å². The fraction of sp³-hybridized carbons (Fsp3) is 1.00. The Kier molecular flexibility index (Phi) is 1.86. The van der Waals surface area contributed by atoms with E-state index in [2.05, 4.69) is 6.92 Å². The van der Waals surface area contributed by atoms with Gasteiger partial charge in [-0.25, -0.2) is 0 Å². The Morgan fingerprint density at radius 1 is 1.00 bits per heavy atom. The molecule has 0 aromatic rings. The van der Waals surface area contributed by atoms with Crippen molar-refractivity contribution in [2.75, 3.05) is 6.61 Å². The number of hydrogen-bond donors (Lipinski definition) is 0. The van der Waals surface area contributed by atoms with Crippen molar-refractivity contribution in [2.45, 2.75) is 56.7 Å². The summed E-state index contributed by atoms with van der Waals surface area (Å²) in [6.07, 6.45) is 5.86. The van der Waals surface area contributed by atoms with E-state index in [1.807, 2.05) is 0 Å². The zero-order chi connectivity index (χ0) is 8.84. The van der Waals surface area contributed by atoms with Crippen LogP contribution in [-0.2, 0) is 14.2 Å². The van der Waals surface area contributed by atoms with Gasteiger partial charge in [-0.05, 0) is 6.42 Å². The lowest BCUT2D eigenvalue weighted by molar-refractivity contribution is 0.312. The molecule has 13 heavy (non-hydrogen) atoms. The molecule has 3 nitrogen and oxygen atoms in total. The van der Waals surface area contributed by atoms with Crippen LogP contribution < -0.4 is 0 Å². The van der Waals surface area contributed by atoms with E-state index < -0.39 is 0 Å². The third kappa shape index (κ3) is 1.87. The van der Waals surface area contributed by atoms with Crippen molar-refractivity contribution in [1.29, 1.82) is 0 Å². The molecular weight excluding hydrogens is 168 g/mol. The van der Waals surface area contributed by atoms with E-state index in [0.717, 1.165) is 25.9 Å². The van der Waals surface area contributed by atoms with Crippen LogP contribution in [0.25, 0.3) is 0 Å². The Morgan fingerprint density at radius 2 is 1.62 bits per heavy atom. The summed E-state index contributed by atoms with van der Waals surface area (Å²) in [6, 6.07) is 0. The minimum Gasteiger partial charge on any atom is -0.373 e. The number of epoxide rings is 3. The summed E-state index contributed by atoms with van der Waals surface area (Å²) in [4.78, 5) is 0. The number of hydrogen-bond acceptors (Lipinski definition) is 3. The molecule has 0 N–H and O–H groups in total. The average molecular weight is 184 g/mol. The maximum Gasteiger partial charge on any atom is 0.0868 e. The molecule has 0 bridgehead atoms. The van der Waals surface area contributed by atoms with Crippen LogP contribution in [0.2, 0.25) is 0 Å². The number of ether oxygens (including phenoxy) is 3. The summed E-state index contributed by atoms with van der Waals surface area (Å²) in [5, 5.41) is 0. The number of rotatable bonds is 5. The van der Waals surface area contributed by atoms with E-state index in [1.54, 1.807) is 0 Å². The normalized spacial score (nSPS) is 51.9. The molecule has 0 saturated carbocycles. The first-order valence-electron chi connectivity index (χ1n) is 5.29. The summed E-state index contributed by atoms with van der Waals surface area (Å²) < 4.78 is 16.2. The molecule has 74 valence electrons. The second kappa shape index (κ2) is 2.94. The molecule has 3 aliphatic heterocycles. The molecule has 0 amide bonds. The van der Waals surface area contributed by atoms with Crippen LogP contribution in [-0.4, -0.2) is 37.1 Å². The second-order valence-corrected chi connectivity index (χ2v) is 4.26. The van der Waals surface area contributed by atoms with E-state index in [4.69, 9.17) is 14.2 Å². The molecule has 0 aromatic carbocycles. The van der Waals surface area contributed by atoms with Crippen molar-refractivity contribution in [3.8, 4) is 0 Å². The molecule has 5 atom stereocenters. The summed E-state index contributed by atoms with van der Waals surface area (Å²) in [5.74, 6) is 0. The van der Waals surface area contributed by atoms with Crippen molar-refractivity contribution in [1.82, 2.24) is 0 Å². The molecule has 3 heterocycles. The van der Waals surface area contributed by atoms with Gasteiger partial charge in [0.25, 0.3) is 0 Å². The smallest absolute Gasteiger partial charge is 0.0868 e. The van der Waals surface area contributed by atoms with Crippen molar-refractivity contribution < 1.29 is 14.2 Å². The first-order valence-corrected chi connectivity index (χ1v) is 5.29. The van der Waals surface area contributed by atoms with Crippen molar-refractivity contribution in [3.63, 3.8) is 0 Å². The fourth-order valence-electron chi connectivity index (χ4n) is 2.03. The standard InChI is InChI=1S/C10H16O3/c1-2-7-9(12-7)4-10-8(13-10)3-6-5-11-6/h6-10H,2-5H2,1H3. The quantitative estimate of drug-likeness (QED) is 0.601. The minimum atomic E-state index is 0.478. The van der Waals surface area contributed by atoms with Crippen LogP contribution in [0.3, 0.4) is 0 Å². The molecular formula is C10H16O3. The molecule has 0 aliphatic carbocycles. The summed E-state index contributed by atoms with van der Waals surface area (Å²) in [6.45, 7) is 3.12. The molecule has 0 aromatic heterocycles. The van der Waals surface area contributed by atoms with Gasteiger partial charge in [-0.15, -0.1) is 0 Å². The lowest BCUT2D eigenvalue weighted by Gasteiger charge is -1.89. The van der Waals surface area contributed by atoms with Gasteiger partial charge in [0, 0.05) is 12.8 Å². The van der Waals surface area contributed by atoms with Crippen LogP contribution >= 0.6 is 0 Å². The van der Waals surface area contributed by atoms with E-state index in [9.17, 15) is 0 Å². The van der Waals surface area contributed by atoms with Crippen LogP contribution in [0.4, 0.5) is 0 Å². The molecule has 3 fully saturated rings. The van der Waals surface area contributed by atoms with Gasteiger partial charge < -0.3 is 14.2 Å². The second-order valence-electron chi connectivity index (χ2n) is 4.26. The van der Waals surface area contributed by atoms with Crippen molar-refractivity contribution in [3.05, 3.63) is 0 Å².